The summed E-state index contributed by atoms with van der Waals surface area (Å²) in [5, 5.41) is 2.40. The Bertz CT molecular complexity index is 562. The molecule has 1 aliphatic heterocycles. The third kappa shape index (κ3) is 2.89. The minimum Gasteiger partial charge on any atom is -0.258 e. The second kappa shape index (κ2) is 5.78. The molecule has 1 aliphatic rings. The standard InChI is InChI=1S/C13H9N.C3H8N2/c1-3-7-12-10(5-1)9-11-6-2-4-8-13(11)14-12;1-2-4-5-3-1/h1-9H;4-5H,1-3H2. The maximum atomic E-state index is 4.58. The van der Waals surface area contributed by atoms with E-state index in [4.69, 9.17) is 0 Å². The van der Waals surface area contributed by atoms with Gasteiger partial charge in [0.2, 0.25) is 0 Å². The van der Waals surface area contributed by atoms with E-state index in [1.54, 1.807) is 0 Å². The van der Waals surface area contributed by atoms with E-state index in [0.717, 1.165) is 24.1 Å². The molecule has 2 heterocycles. The van der Waals surface area contributed by atoms with Crippen LogP contribution in [-0.4, -0.2) is 18.1 Å². The summed E-state index contributed by atoms with van der Waals surface area (Å²) in [6.07, 6.45) is 1.28. The predicted octanol–water partition coefficient (Wildman–Crippen LogP) is 2.87. The van der Waals surface area contributed by atoms with Crippen molar-refractivity contribution in [3.8, 4) is 0 Å². The van der Waals surface area contributed by atoms with E-state index in [1.807, 2.05) is 36.4 Å². The molecule has 0 saturated carbocycles. The van der Waals surface area contributed by atoms with E-state index in [2.05, 4.69) is 34.0 Å². The van der Waals surface area contributed by atoms with E-state index in [9.17, 15) is 0 Å². The van der Waals surface area contributed by atoms with Gasteiger partial charge in [-0.25, -0.2) is 4.98 Å². The molecule has 0 atom stereocenters. The molecule has 0 unspecified atom stereocenters. The summed E-state index contributed by atoms with van der Waals surface area (Å²) >= 11 is 0. The second-order valence-electron chi connectivity index (χ2n) is 4.58. The number of pyridine rings is 1. The van der Waals surface area contributed by atoms with Crippen LogP contribution < -0.4 is 10.9 Å². The Labute approximate surface area is 112 Å². The number of para-hydroxylation sites is 2. The van der Waals surface area contributed by atoms with Gasteiger partial charge in [0.1, 0.15) is 0 Å². The molecule has 1 saturated heterocycles. The maximum absolute atomic E-state index is 4.58. The lowest BCUT2D eigenvalue weighted by Crippen LogP contribution is -2.21. The third-order valence-electron chi connectivity index (χ3n) is 3.15. The number of benzene rings is 2. The Morgan fingerprint density at radius 1 is 0.737 bits per heavy atom. The number of hydrazine groups is 1. The Balaban J connectivity index is 0.000000187. The van der Waals surface area contributed by atoms with Crippen molar-refractivity contribution in [2.45, 2.75) is 6.42 Å². The van der Waals surface area contributed by atoms with E-state index < -0.39 is 0 Å². The summed E-state index contributed by atoms with van der Waals surface area (Å²) in [5.41, 5.74) is 8.07. The Morgan fingerprint density at radius 3 is 1.74 bits per heavy atom. The SMILES string of the molecule is C1CNNC1.c1ccc2nc3ccccc3cc2c1. The lowest BCUT2D eigenvalue weighted by molar-refractivity contribution is 0.689. The van der Waals surface area contributed by atoms with Crippen LogP contribution in [0.1, 0.15) is 6.42 Å². The number of hydrogen-bond acceptors (Lipinski definition) is 3. The highest BCUT2D eigenvalue weighted by atomic mass is 15.4. The van der Waals surface area contributed by atoms with Gasteiger partial charge in [-0.05, 0) is 24.6 Å². The summed E-state index contributed by atoms with van der Waals surface area (Å²) in [5.74, 6) is 0. The van der Waals surface area contributed by atoms with Crippen molar-refractivity contribution in [2.75, 3.05) is 13.1 Å². The molecule has 2 N–H and O–H groups in total. The summed E-state index contributed by atoms with van der Waals surface area (Å²) in [7, 11) is 0. The quantitative estimate of drug-likeness (QED) is 0.603. The topological polar surface area (TPSA) is 37.0 Å². The number of rotatable bonds is 0. The van der Waals surface area contributed by atoms with Gasteiger partial charge in [0.15, 0.2) is 0 Å². The van der Waals surface area contributed by atoms with Crippen LogP contribution in [0.4, 0.5) is 0 Å². The van der Waals surface area contributed by atoms with Crippen LogP contribution in [-0.2, 0) is 0 Å². The van der Waals surface area contributed by atoms with Crippen LogP contribution in [0.25, 0.3) is 21.8 Å². The van der Waals surface area contributed by atoms with Gasteiger partial charge in [-0.3, -0.25) is 10.9 Å². The Morgan fingerprint density at radius 2 is 1.26 bits per heavy atom. The maximum Gasteiger partial charge on any atom is 0.0709 e. The van der Waals surface area contributed by atoms with Crippen molar-refractivity contribution in [3.63, 3.8) is 0 Å². The van der Waals surface area contributed by atoms with Crippen LogP contribution in [0.2, 0.25) is 0 Å². The highest BCUT2D eigenvalue weighted by Gasteiger charge is 1.96. The van der Waals surface area contributed by atoms with Gasteiger partial charge in [-0.1, -0.05) is 36.4 Å². The summed E-state index contributed by atoms with van der Waals surface area (Å²) in [4.78, 5) is 4.58. The fourth-order valence-electron chi connectivity index (χ4n) is 2.16. The molecule has 0 spiro atoms. The van der Waals surface area contributed by atoms with Crippen molar-refractivity contribution in [2.24, 2.45) is 0 Å². The molecule has 96 valence electrons. The van der Waals surface area contributed by atoms with Gasteiger partial charge in [0, 0.05) is 23.9 Å². The first-order chi connectivity index (χ1) is 9.43. The molecule has 19 heavy (non-hydrogen) atoms. The van der Waals surface area contributed by atoms with Crippen LogP contribution in [0.15, 0.2) is 54.6 Å². The second-order valence-corrected chi connectivity index (χ2v) is 4.58. The molecule has 0 radical (unpaired) electrons. The van der Waals surface area contributed by atoms with Gasteiger partial charge in [0.25, 0.3) is 0 Å². The zero-order chi connectivity index (χ0) is 12.9. The van der Waals surface area contributed by atoms with Crippen LogP contribution in [0.5, 0.6) is 0 Å². The lowest BCUT2D eigenvalue weighted by Gasteiger charge is -1.99. The van der Waals surface area contributed by atoms with Crippen molar-refractivity contribution in [1.82, 2.24) is 15.8 Å². The van der Waals surface area contributed by atoms with E-state index in [-0.39, 0.29) is 0 Å². The van der Waals surface area contributed by atoms with Crippen molar-refractivity contribution in [1.29, 1.82) is 0 Å². The fraction of sp³-hybridized carbons (Fsp3) is 0.188. The molecule has 3 heteroatoms. The molecule has 0 aliphatic carbocycles. The average molecular weight is 251 g/mol. The normalized spacial score (nSPS) is 14.3. The van der Waals surface area contributed by atoms with Gasteiger partial charge < -0.3 is 0 Å². The molecule has 0 amide bonds. The molecule has 4 rings (SSSR count). The fourth-order valence-corrected chi connectivity index (χ4v) is 2.16. The van der Waals surface area contributed by atoms with Crippen LogP contribution in [0, 0.1) is 0 Å². The molecule has 0 bridgehead atoms. The summed E-state index contributed by atoms with van der Waals surface area (Å²) in [6.45, 7) is 2.28. The Hall–Kier alpha value is -1.97. The van der Waals surface area contributed by atoms with Crippen LogP contribution >= 0.6 is 0 Å². The highest BCUT2D eigenvalue weighted by Crippen LogP contribution is 2.18. The number of aromatic nitrogens is 1. The number of hydrogen-bond donors (Lipinski definition) is 2. The van der Waals surface area contributed by atoms with Crippen molar-refractivity contribution in [3.05, 3.63) is 54.6 Å². The molecule has 3 aromatic rings. The van der Waals surface area contributed by atoms with Crippen molar-refractivity contribution >= 4 is 21.8 Å². The van der Waals surface area contributed by atoms with Gasteiger partial charge in [0.05, 0.1) is 11.0 Å². The number of nitrogens with zero attached hydrogens (tertiary/aromatic N) is 1. The smallest absolute Gasteiger partial charge is 0.0709 e. The number of fused-ring (bicyclic) bond motifs is 2. The zero-order valence-corrected chi connectivity index (χ0v) is 10.8. The van der Waals surface area contributed by atoms with E-state index in [0.29, 0.717) is 0 Å². The summed E-state index contributed by atoms with van der Waals surface area (Å²) < 4.78 is 0. The first-order valence-corrected chi connectivity index (χ1v) is 6.64. The largest absolute Gasteiger partial charge is 0.258 e. The van der Waals surface area contributed by atoms with Gasteiger partial charge in [-0.15, -0.1) is 0 Å². The monoisotopic (exact) mass is 251 g/mol. The summed E-state index contributed by atoms with van der Waals surface area (Å²) in [6, 6.07) is 18.6. The van der Waals surface area contributed by atoms with E-state index >= 15 is 0 Å². The minimum atomic E-state index is 1.06. The number of nitrogens with one attached hydrogen (secondary N) is 2. The third-order valence-corrected chi connectivity index (χ3v) is 3.15. The minimum absolute atomic E-state index is 1.06. The van der Waals surface area contributed by atoms with E-state index in [1.165, 1.54) is 17.2 Å². The van der Waals surface area contributed by atoms with Crippen molar-refractivity contribution < 1.29 is 0 Å². The van der Waals surface area contributed by atoms with Gasteiger partial charge in [-0.2, -0.15) is 0 Å². The molecule has 1 aromatic heterocycles. The highest BCUT2D eigenvalue weighted by molar-refractivity contribution is 5.92. The Kier molecular flexibility index (Phi) is 3.68. The molecular weight excluding hydrogens is 234 g/mol. The molecule has 3 nitrogen and oxygen atoms in total. The molecule has 1 fully saturated rings. The average Bonchev–Trinajstić information content (AvgIpc) is 3.04. The lowest BCUT2D eigenvalue weighted by atomic mass is 10.1. The first-order valence-electron chi connectivity index (χ1n) is 6.64. The van der Waals surface area contributed by atoms with Gasteiger partial charge >= 0.3 is 0 Å². The molecule has 2 aromatic carbocycles. The van der Waals surface area contributed by atoms with Crippen LogP contribution in [0.3, 0.4) is 0 Å². The predicted molar refractivity (Wildman–Crippen MR) is 79.9 cm³/mol. The molecular formula is C16H17N3. The zero-order valence-electron chi connectivity index (χ0n) is 10.8. The first kappa shape index (κ1) is 12.1.